The van der Waals surface area contributed by atoms with Crippen LogP contribution in [0, 0.1) is 12.7 Å². The van der Waals surface area contributed by atoms with Gasteiger partial charge in [0.1, 0.15) is 28.8 Å². The first-order chi connectivity index (χ1) is 18.7. The molecule has 2 aromatic heterocycles. The molecule has 1 N–H and O–H groups in total. The Morgan fingerprint density at radius 1 is 1.28 bits per heavy atom. The van der Waals surface area contributed by atoms with E-state index in [1.807, 2.05) is 26.8 Å². The van der Waals surface area contributed by atoms with Gasteiger partial charge in [0, 0.05) is 31.4 Å². The van der Waals surface area contributed by atoms with Gasteiger partial charge in [-0.1, -0.05) is 44.2 Å². The Morgan fingerprint density at radius 3 is 2.77 bits per heavy atom. The number of nitrogens with zero attached hydrogens (tertiary/aromatic N) is 4. The smallest absolute Gasteiger partial charge is 0.261 e. The number of aromatic nitrogens is 2. The molecule has 0 saturated carbocycles. The van der Waals surface area contributed by atoms with Gasteiger partial charge < -0.3 is 19.9 Å². The highest BCUT2D eigenvalue weighted by atomic mass is 35.5. The summed E-state index contributed by atoms with van der Waals surface area (Å²) in [6, 6.07) is 7.63. The van der Waals surface area contributed by atoms with Crippen molar-refractivity contribution in [1.29, 1.82) is 0 Å². The lowest BCUT2D eigenvalue weighted by atomic mass is 10.0. The average Bonchev–Trinajstić information content (AvgIpc) is 3.07. The molecule has 4 heterocycles. The van der Waals surface area contributed by atoms with Crippen LogP contribution in [0.1, 0.15) is 41.4 Å². The SMILES string of the molecule is C=CC(=O)N1CCN2C(=O)c3c(Nc4c(C)ccnc4C(C)C)nc(-c4ccccc4F)c(Cl)c3OCC2C1. The summed E-state index contributed by atoms with van der Waals surface area (Å²) >= 11 is 6.82. The quantitative estimate of drug-likeness (QED) is 0.432. The predicted octanol–water partition coefficient (Wildman–Crippen LogP) is 5.34. The normalized spacial score (nSPS) is 16.8. The molecule has 2 aliphatic rings. The third kappa shape index (κ3) is 4.83. The molecule has 3 aromatic rings. The van der Waals surface area contributed by atoms with E-state index < -0.39 is 11.9 Å². The Morgan fingerprint density at radius 2 is 2.05 bits per heavy atom. The van der Waals surface area contributed by atoms with Crippen molar-refractivity contribution in [3.05, 3.63) is 76.8 Å². The number of fused-ring (bicyclic) bond motifs is 2. The first-order valence-electron chi connectivity index (χ1n) is 12.8. The van der Waals surface area contributed by atoms with Crippen molar-refractivity contribution in [3.8, 4) is 17.0 Å². The van der Waals surface area contributed by atoms with Crippen LogP contribution in [-0.2, 0) is 4.79 Å². The highest BCUT2D eigenvalue weighted by Gasteiger charge is 2.40. The molecule has 0 aliphatic carbocycles. The first-order valence-corrected chi connectivity index (χ1v) is 13.1. The molecule has 1 atom stereocenters. The minimum absolute atomic E-state index is 0.0415. The monoisotopic (exact) mass is 549 g/mol. The maximum Gasteiger partial charge on any atom is 0.261 e. The van der Waals surface area contributed by atoms with E-state index in [1.165, 1.54) is 12.1 Å². The van der Waals surface area contributed by atoms with E-state index in [-0.39, 0.29) is 64.3 Å². The van der Waals surface area contributed by atoms with Crippen LogP contribution in [-0.4, -0.2) is 63.9 Å². The molecule has 1 unspecified atom stereocenters. The van der Waals surface area contributed by atoms with Crippen molar-refractivity contribution >= 4 is 34.9 Å². The molecule has 0 bridgehead atoms. The summed E-state index contributed by atoms with van der Waals surface area (Å²) in [6.07, 6.45) is 3.00. The van der Waals surface area contributed by atoms with Crippen LogP contribution in [0.3, 0.4) is 0 Å². The predicted molar refractivity (Wildman–Crippen MR) is 148 cm³/mol. The minimum atomic E-state index is -0.505. The number of hydrogen-bond acceptors (Lipinski definition) is 6. The van der Waals surface area contributed by atoms with Crippen LogP contribution in [0.25, 0.3) is 11.3 Å². The number of benzene rings is 1. The molecule has 0 radical (unpaired) electrons. The number of anilines is 2. The lowest BCUT2D eigenvalue weighted by Gasteiger charge is -2.39. The third-order valence-corrected chi connectivity index (χ3v) is 7.42. The lowest BCUT2D eigenvalue weighted by Crippen LogP contribution is -2.57. The molecule has 0 spiro atoms. The van der Waals surface area contributed by atoms with E-state index in [0.29, 0.717) is 18.8 Å². The molecule has 1 saturated heterocycles. The number of ether oxygens (including phenoxy) is 1. The van der Waals surface area contributed by atoms with Gasteiger partial charge in [0.25, 0.3) is 5.91 Å². The van der Waals surface area contributed by atoms with Gasteiger partial charge in [0.05, 0.1) is 23.1 Å². The number of carbonyl (C=O) groups excluding carboxylic acids is 2. The molecule has 2 aliphatic heterocycles. The molecule has 202 valence electrons. The molecule has 1 fully saturated rings. The van der Waals surface area contributed by atoms with Crippen LogP contribution in [0.2, 0.25) is 5.02 Å². The fourth-order valence-corrected chi connectivity index (χ4v) is 5.31. The zero-order valence-corrected chi connectivity index (χ0v) is 22.8. The highest BCUT2D eigenvalue weighted by molar-refractivity contribution is 6.35. The van der Waals surface area contributed by atoms with Gasteiger partial charge in [0.15, 0.2) is 5.75 Å². The zero-order valence-electron chi connectivity index (χ0n) is 22.0. The second-order valence-electron chi connectivity index (χ2n) is 9.93. The molecule has 39 heavy (non-hydrogen) atoms. The van der Waals surface area contributed by atoms with Crippen LogP contribution in [0.5, 0.6) is 5.75 Å². The summed E-state index contributed by atoms with van der Waals surface area (Å²) in [7, 11) is 0. The van der Waals surface area contributed by atoms with Gasteiger partial charge in [-0.3, -0.25) is 14.6 Å². The standard InChI is InChI=1S/C29H29ClFN5O3/c1-5-21(37)35-12-13-36-18(14-35)15-39-27-22(29(36)38)28(33-25-17(4)10-11-32-24(25)16(2)3)34-26(23(27)30)19-8-6-7-9-20(19)31/h5-11,16,18H,1,12-15H2,2-4H3,(H,33,34). The molecule has 8 nitrogen and oxygen atoms in total. The van der Waals surface area contributed by atoms with Crippen molar-refractivity contribution in [3.63, 3.8) is 0 Å². The van der Waals surface area contributed by atoms with Crippen molar-refractivity contribution in [1.82, 2.24) is 19.8 Å². The van der Waals surface area contributed by atoms with E-state index in [4.69, 9.17) is 21.3 Å². The first kappa shape index (κ1) is 26.6. The summed E-state index contributed by atoms with van der Waals surface area (Å²) in [5.41, 5.74) is 2.90. The number of halogens is 2. The molecular weight excluding hydrogens is 521 g/mol. The Hall–Kier alpha value is -3.98. The van der Waals surface area contributed by atoms with Crippen molar-refractivity contribution in [2.45, 2.75) is 32.7 Å². The summed E-state index contributed by atoms with van der Waals surface area (Å²) < 4.78 is 21.1. The summed E-state index contributed by atoms with van der Waals surface area (Å²) in [5.74, 6) is -0.642. The highest BCUT2D eigenvalue weighted by Crippen LogP contribution is 2.44. The van der Waals surface area contributed by atoms with Gasteiger partial charge in [-0.2, -0.15) is 0 Å². The summed E-state index contributed by atoms with van der Waals surface area (Å²) in [4.78, 5) is 39.0. The van der Waals surface area contributed by atoms with E-state index >= 15 is 0 Å². The average molecular weight is 550 g/mol. The fourth-order valence-electron chi connectivity index (χ4n) is 5.01. The summed E-state index contributed by atoms with van der Waals surface area (Å²) in [5, 5.41) is 3.38. The maximum absolute atomic E-state index is 14.9. The fraction of sp³-hybridized carbons (Fsp3) is 0.310. The van der Waals surface area contributed by atoms with Crippen molar-refractivity contribution < 1.29 is 18.7 Å². The third-order valence-electron chi connectivity index (χ3n) is 7.07. The minimum Gasteiger partial charge on any atom is -0.489 e. The van der Waals surface area contributed by atoms with Crippen molar-refractivity contribution in [2.24, 2.45) is 0 Å². The number of pyridine rings is 2. The lowest BCUT2D eigenvalue weighted by molar-refractivity contribution is -0.128. The molecular formula is C29H29ClFN5O3. The van der Waals surface area contributed by atoms with E-state index in [2.05, 4.69) is 16.9 Å². The Balaban J connectivity index is 1.68. The second-order valence-corrected chi connectivity index (χ2v) is 10.3. The van der Waals surface area contributed by atoms with E-state index in [9.17, 15) is 14.0 Å². The maximum atomic E-state index is 14.9. The number of hydrogen-bond donors (Lipinski definition) is 1. The Bertz CT molecular complexity index is 1480. The molecule has 2 amide bonds. The van der Waals surface area contributed by atoms with Gasteiger partial charge in [-0.05, 0) is 42.7 Å². The number of piperazine rings is 1. The number of nitrogens with one attached hydrogen (secondary N) is 1. The number of carbonyl (C=O) groups is 2. The van der Waals surface area contributed by atoms with Gasteiger partial charge >= 0.3 is 0 Å². The number of aryl methyl sites for hydroxylation is 1. The van der Waals surface area contributed by atoms with Crippen LogP contribution < -0.4 is 10.1 Å². The molecule has 5 rings (SSSR count). The largest absolute Gasteiger partial charge is 0.489 e. The number of rotatable bonds is 5. The Kier molecular flexibility index (Phi) is 7.27. The number of amides is 2. The van der Waals surface area contributed by atoms with Crippen LogP contribution >= 0.6 is 11.6 Å². The Labute approximate surface area is 231 Å². The topological polar surface area (TPSA) is 87.7 Å². The van der Waals surface area contributed by atoms with E-state index in [0.717, 1.165) is 11.3 Å². The molecule has 1 aromatic carbocycles. The van der Waals surface area contributed by atoms with Crippen molar-refractivity contribution in [2.75, 3.05) is 31.6 Å². The van der Waals surface area contributed by atoms with Crippen LogP contribution in [0.15, 0.2) is 49.2 Å². The van der Waals surface area contributed by atoms with Gasteiger partial charge in [-0.25, -0.2) is 9.37 Å². The zero-order chi connectivity index (χ0) is 27.8. The van der Waals surface area contributed by atoms with Gasteiger partial charge in [0.2, 0.25) is 5.91 Å². The van der Waals surface area contributed by atoms with Crippen LogP contribution in [0.4, 0.5) is 15.9 Å². The molecule has 10 heteroatoms. The van der Waals surface area contributed by atoms with Gasteiger partial charge in [-0.15, -0.1) is 0 Å². The second kappa shape index (κ2) is 10.6. The summed E-state index contributed by atoms with van der Waals surface area (Å²) in [6.45, 7) is 10.6. The van der Waals surface area contributed by atoms with E-state index in [1.54, 1.807) is 34.2 Å².